The van der Waals surface area contributed by atoms with E-state index in [0.29, 0.717) is 11.5 Å². The fourth-order valence-electron chi connectivity index (χ4n) is 2.86. The minimum atomic E-state index is 0.670. The first kappa shape index (κ1) is 16.9. The lowest BCUT2D eigenvalue weighted by Gasteiger charge is -2.08. The molecule has 2 heterocycles. The highest BCUT2D eigenvalue weighted by molar-refractivity contribution is 6.12. The van der Waals surface area contributed by atoms with Gasteiger partial charge in [-0.15, -0.1) is 0 Å². The highest BCUT2D eigenvalue weighted by atomic mass is 16.5. The highest BCUT2D eigenvalue weighted by Gasteiger charge is 2.18. The summed E-state index contributed by atoms with van der Waals surface area (Å²) < 4.78 is 16.2. The van der Waals surface area contributed by atoms with Gasteiger partial charge in [0, 0.05) is 23.0 Å². The molecule has 5 heteroatoms. The molecule has 1 aliphatic heterocycles. The molecular weight excluding hydrogens is 316 g/mol. The number of aryl methyl sites for hydroxylation is 2. The summed E-state index contributed by atoms with van der Waals surface area (Å²) in [4.78, 5) is 8.07. The fraction of sp³-hybridized carbons (Fsp3) is 0.250. The first-order chi connectivity index (χ1) is 12.0. The summed E-state index contributed by atoms with van der Waals surface area (Å²) in [5.41, 5.74) is 5.88. The van der Waals surface area contributed by atoms with Crippen molar-refractivity contribution in [3.05, 3.63) is 64.3 Å². The Balaban J connectivity index is 2.01. The van der Waals surface area contributed by atoms with E-state index in [-0.39, 0.29) is 0 Å². The summed E-state index contributed by atoms with van der Waals surface area (Å²) in [6, 6.07) is 7.85. The number of hydrogen-bond acceptors (Lipinski definition) is 4. The van der Waals surface area contributed by atoms with Crippen LogP contribution in [0.5, 0.6) is 11.5 Å². The van der Waals surface area contributed by atoms with Crippen molar-refractivity contribution in [3.8, 4) is 11.5 Å². The molecule has 0 unspecified atom stereocenters. The van der Waals surface area contributed by atoms with Gasteiger partial charge in [0.05, 0.1) is 27.0 Å². The van der Waals surface area contributed by atoms with Crippen molar-refractivity contribution in [3.63, 3.8) is 0 Å². The van der Waals surface area contributed by atoms with Gasteiger partial charge in [-0.05, 0) is 49.8 Å². The standard InChI is InChI=1S/C20H22N2O3/c1-12-8-13(2)21-15(12)10-17-19(24-4)11-16(22-17)14-6-7-18(23-3)20(9-14)25-5/h6-11,21H,1-5H3/b17-10-. The second kappa shape index (κ2) is 6.89. The number of H-pyrrole nitrogens is 1. The van der Waals surface area contributed by atoms with Gasteiger partial charge in [-0.25, -0.2) is 4.99 Å². The predicted molar refractivity (Wildman–Crippen MR) is 99.4 cm³/mol. The van der Waals surface area contributed by atoms with Crippen LogP contribution in [0.4, 0.5) is 0 Å². The molecule has 0 radical (unpaired) electrons. The van der Waals surface area contributed by atoms with Gasteiger partial charge in [0.2, 0.25) is 0 Å². The van der Waals surface area contributed by atoms with Crippen LogP contribution in [0.25, 0.3) is 6.08 Å². The maximum absolute atomic E-state index is 5.50. The van der Waals surface area contributed by atoms with Crippen molar-refractivity contribution in [1.82, 2.24) is 4.98 Å². The normalized spacial score (nSPS) is 15.2. The maximum atomic E-state index is 5.50. The van der Waals surface area contributed by atoms with Crippen molar-refractivity contribution < 1.29 is 14.2 Å². The van der Waals surface area contributed by atoms with Crippen LogP contribution in [0, 0.1) is 13.8 Å². The number of rotatable bonds is 5. The van der Waals surface area contributed by atoms with E-state index >= 15 is 0 Å². The highest BCUT2D eigenvalue weighted by Crippen LogP contribution is 2.31. The third kappa shape index (κ3) is 3.31. The van der Waals surface area contributed by atoms with Gasteiger partial charge in [0.25, 0.3) is 0 Å². The third-order valence-corrected chi connectivity index (χ3v) is 4.13. The second-order valence-electron chi connectivity index (χ2n) is 5.86. The van der Waals surface area contributed by atoms with Gasteiger partial charge < -0.3 is 19.2 Å². The van der Waals surface area contributed by atoms with Crippen LogP contribution < -0.4 is 9.47 Å². The van der Waals surface area contributed by atoms with Crippen molar-refractivity contribution >= 4 is 11.8 Å². The molecule has 25 heavy (non-hydrogen) atoms. The Bertz CT molecular complexity index is 888. The van der Waals surface area contributed by atoms with Crippen molar-refractivity contribution in [1.29, 1.82) is 0 Å². The number of nitrogens with one attached hydrogen (secondary N) is 1. The molecular formula is C20H22N2O3. The van der Waals surface area contributed by atoms with Crippen LogP contribution in [0.2, 0.25) is 0 Å². The van der Waals surface area contributed by atoms with Gasteiger partial charge in [-0.3, -0.25) is 0 Å². The van der Waals surface area contributed by atoms with E-state index in [2.05, 4.69) is 18.0 Å². The monoisotopic (exact) mass is 338 g/mol. The number of aliphatic imine (C=N–C) groups is 1. The predicted octanol–water partition coefficient (Wildman–Crippen LogP) is 4.02. The number of hydrogen-bond donors (Lipinski definition) is 1. The van der Waals surface area contributed by atoms with Crippen LogP contribution in [0.3, 0.4) is 0 Å². The lowest BCUT2D eigenvalue weighted by atomic mass is 10.1. The van der Waals surface area contributed by atoms with E-state index in [4.69, 9.17) is 19.2 Å². The molecule has 2 aromatic rings. The summed E-state index contributed by atoms with van der Waals surface area (Å²) in [6.45, 7) is 4.11. The third-order valence-electron chi connectivity index (χ3n) is 4.13. The SMILES string of the molecule is COC1=CC(c2ccc(OC)c(OC)c2)=N/C1=C\c1[nH]c(C)cc1C. The zero-order valence-electron chi connectivity index (χ0n) is 15.1. The Morgan fingerprint density at radius 2 is 1.72 bits per heavy atom. The minimum absolute atomic E-state index is 0.670. The van der Waals surface area contributed by atoms with Crippen molar-refractivity contribution in [2.24, 2.45) is 4.99 Å². The zero-order valence-corrected chi connectivity index (χ0v) is 15.1. The average molecular weight is 338 g/mol. The Hall–Kier alpha value is -2.95. The summed E-state index contributed by atoms with van der Waals surface area (Å²) >= 11 is 0. The second-order valence-corrected chi connectivity index (χ2v) is 5.86. The van der Waals surface area contributed by atoms with Gasteiger partial charge in [-0.2, -0.15) is 0 Å². The Morgan fingerprint density at radius 3 is 2.32 bits per heavy atom. The molecule has 1 aromatic carbocycles. The number of aromatic nitrogens is 1. The smallest absolute Gasteiger partial charge is 0.161 e. The molecule has 0 saturated carbocycles. The molecule has 1 aliphatic rings. The molecule has 0 amide bonds. The number of allylic oxidation sites excluding steroid dienone is 1. The Morgan fingerprint density at radius 1 is 0.960 bits per heavy atom. The lowest BCUT2D eigenvalue weighted by Crippen LogP contribution is -1.97. The molecule has 0 bridgehead atoms. The maximum Gasteiger partial charge on any atom is 0.161 e. The van der Waals surface area contributed by atoms with E-state index in [9.17, 15) is 0 Å². The Labute approximate surface area is 147 Å². The summed E-state index contributed by atoms with van der Waals surface area (Å²) in [7, 11) is 4.89. The molecule has 1 aromatic heterocycles. The number of ether oxygens (including phenoxy) is 3. The van der Waals surface area contributed by atoms with Gasteiger partial charge in [-0.1, -0.05) is 0 Å². The zero-order chi connectivity index (χ0) is 18.0. The van der Waals surface area contributed by atoms with Crippen LogP contribution in [-0.4, -0.2) is 32.0 Å². The molecule has 0 fully saturated rings. The quantitative estimate of drug-likeness (QED) is 0.896. The fourth-order valence-corrected chi connectivity index (χ4v) is 2.86. The van der Waals surface area contributed by atoms with Gasteiger partial charge in [0.15, 0.2) is 11.5 Å². The van der Waals surface area contributed by atoms with Crippen LogP contribution in [0.1, 0.15) is 22.5 Å². The number of aromatic amines is 1. The molecule has 130 valence electrons. The van der Waals surface area contributed by atoms with Gasteiger partial charge >= 0.3 is 0 Å². The van der Waals surface area contributed by atoms with E-state index in [1.807, 2.05) is 37.3 Å². The average Bonchev–Trinajstić information content (AvgIpc) is 3.17. The van der Waals surface area contributed by atoms with E-state index in [1.165, 1.54) is 5.56 Å². The largest absolute Gasteiger partial charge is 0.494 e. The van der Waals surface area contributed by atoms with E-state index in [0.717, 1.165) is 34.1 Å². The topological polar surface area (TPSA) is 55.8 Å². The molecule has 0 saturated heterocycles. The first-order valence-corrected chi connectivity index (χ1v) is 8.00. The molecule has 0 aliphatic carbocycles. The molecule has 5 nitrogen and oxygen atoms in total. The molecule has 0 spiro atoms. The lowest BCUT2D eigenvalue weighted by molar-refractivity contribution is 0.303. The van der Waals surface area contributed by atoms with E-state index < -0.39 is 0 Å². The minimum Gasteiger partial charge on any atom is -0.494 e. The van der Waals surface area contributed by atoms with Crippen LogP contribution >= 0.6 is 0 Å². The van der Waals surface area contributed by atoms with Crippen molar-refractivity contribution in [2.45, 2.75) is 13.8 Å². The van der Waals surface area contributed by atoms with Crippen molar-refractivity contribution in [2.75, 3.05) is 21.3 Å². The summed E-state index contributed by atoms with van der Waals surface area (Å²) in [5, 5.41) is 0. The molecule has 1 N–H and O–H groups in total. The number of methoxy groups -OCH3 is 3. The summed E-state index contributed by atoms with van der Waals surface area (Å²) in [5.74, 6) is 2.09. The summed E-state index contributed by atoms with van der Waals surface area (Å²) in [6.07, 6.45) is 3.93. The molecule has 3 rings (SSSR count). The van der Waals surface area contributed by atoms with Gasteiger partial charge in [0.1, 0.15) is 11.5 Å². The number of nitrogens with zero attached hydrogens (tertiary/aromatic N) is 1. The number of benzene rings is 1. The van der Waals surface area contributed by atoms with E-state index in [1.54, 1.807) is 21.3 Å². The first-order valence-electron chi connectivity index (χ1n) is 8.00. The Kier molecular flexibility index (Phi) is 4.65. The van der Waals surface area contributed by atoms with Crippen LogP contribution in [-0.2, 0) is 4.74 Å². The molecule has 0 atom stereocenters. The van der Waals surface area contributed by atoms with Crippen LogP contribution in [0.15, 0.2) is 46.8 Å².